The number of nitrogens with zero attached hydrogens (tertiary/aromatic N) is 1. The third-order valence-electron chi connectivity index (χ3n) is 4.08. The lowest BCUT2D eigenvalue weighted by atomic mass is 9.89. The molecule has 2 aliphatic rings. The van der Waals surface area contributed by atoms with Crippen molar-refractivity contribution in [3.63, 3.8) is 0 Å². The van der Waals surface area contributed by atoms with Gasteiger partial charge in [-0.2, -0.15) is 0 Å². The summed E-state index contributed by atoms with van der Waals surface area (Å²) in [4.78, 5) is 14.0. The summed E-state index contributed by atoms with van der Waals surface area (Å²) in [5.41, 5.74) is 0. The van der Waals surface area contributed by atoms with Gasteiger partial charge in [-0.1, -0.05) is 19.3 Å². The molecule has 1 amide bonds. The van der Waals surface area contributed by atoms with Crippen LogP contribution in [0.5, 0.6) is 0 Å². The highest BCUT2D eigenvalue weighted by Gasteiger charge is 2.30. The van der Waals surface area contributed by atoms with Gasteiger partial charge in [0.05, 0.1) is 6.54 Å². The Morgan fingerprint density at radius 1 is 1.18 bits per heavy atom. The lowest BCUT2D eigenvalue weighted by molar-refractivity contribution is -0.130. The lowest BCUT2D eigenvalue weighted by Gasteiger charge is -2.24. The Labute approximate surface area is 105 Å². The number of likely N-dealkylation sites (N-methyl/N-ethyl adjacent to an activating group) is 1. The molecule has 0 heterocycles. The third-order valence-corrected chi connectivity index (χ3v) is 4.08. The summed E-state index contributed by atoms with van der Waals surface area (Å²) in [6.45, 7) is 4.53. The van der Waals surface area contributed by atoms with Crippen molar-refractivity contribution in [3.05, 3.63) is 0 Å². The molecule has 3 heteroatoms. The highest BCUT2D eigenvalue weighted by atomic mass is 16.2. The molecular formula is C14H26N2O. The Morgan fingerprint density at radius 3 is 2.47 bits per heavy atom. The second-order valence-electron chi connectivity index (χ2n) is 5.55. The number of carbonyl (C=O) groups excluding carboxylic acids is 1. The van der Waals surface area contributed by atoms with Crippen LogP contribution in [0, 0.1) is 5.92 Å². The fourth-order valence-corrected chi connectivity index (χ4v) is 2.90. The van der Waals surface area contributed by atoms with Gasteiger partial charge in [-0.3, -0.25) is 4.79 Å². The molecule has 2 aliphatic carbocycles. The molecule has 1 N–H and O–H groups in total. The van der Waals surface area contributed by atoms with E-state index >= 15 is 0 Å². The molecule has 17 heavy (non-hydrogen) atoms. The molecule has 0 unspecified atom stereocenters. The molecule has 2 rings (SSSR count). The smallest absolute Gasteiger partial charge is 0.236 e. The van der Waals surface area contributed by atoms with Crippen molar-refractivity contribution in [2.75, 3.05) is 19.6 Å². The summed E-state index contributed by atoms with van der Waals surface area (Å²) in [5, 5.41) is 3.36. The number of hydrogen-bond donors (Lipinski definition) is 1. The molecule has 0 atom stereocenters. The third kappa shape index (κ3) is 3.98. The topological polar surface area (TPSA) is 32.3 Å². The van der Waals surface area contributed by atoms with E-state index < -0.39 is 0 Å². The summed E-state index contributed by atoms with van der Waals surface area (Å²) in [7, 11) is 0. The number of hydrogen-bond acceptors (Lipinski definition) is 2. The number of amides is 1. The molecular weight excluding hydrogens is 212 g/mol. The van der Waals surface area contributed by atoms with Crippen LogP contribution < -0.4 is 5.32 Å². The Morgan fingerprint density at radius 2 is 1.88 bits per heavy atom. The van der Waals surface area contributed by atoms with Crippen LogP contribution >= 0.6 is 0 Å². The van der Waals surface area contributed by atoms with Crippen LogP contribution in [0.1, 0.15) is 51.9 Å². The second-order valence-corrected chi connectivity index (χ2v) is 5.55. The summed E-state index contributed by atoms with van der Waals surface area (Å²) in [6, 6.07) is 0.559. The van der Waals surface area contributed by atoms with Crippen LogP contribution in [0.4, 0.5) is 0 Å². The molecule has 0 radical (unpaired) electrons. The Balaban J connectivity index is 1.61. The first-order chi connectivity index (χ1) is 8.31. The zero-order chi connectivity index (χ0) is 12.1. The first-order valence-electron chi connectivity index (χ1n) is 7.31. The van der Waals surface area contributed by atoms with Crippen LogP contribution in [0.3, 0.4) is 0 Å². The monoisotopic (exact) mass is 238 g/mol. The van der Waals surface area contributed by atoms with E-state index in [9.17, 15) is 4.79 Å². The van der Waals surface area contributed by atoms with Crippen molar-refractivity contribution in [1.82, 2.24) is 10.2 Å². The van der Waals surface area contributed by atoms with Gasteiger partial charge in [0.1, 0.15) is 0 Å². The van der Waals surface area contributed by atoms with Crippen molar-refractivity contribution in [2.45, 2.75) is 57.9 Å². The van der Waals surface area contributed by atoms with Crippen LogP contribution in [0.25, 0.3) is 0 Å². The molecule has 0 spiro atoms. The van der Waals surface area contributed by atoms with Crippen LogP contribution in [0.15, 0.2) is 0 Å². The van der Waals surface area contributed by atoms with E-state index in [-0.39, 0.29) is 0 Å². The molecule has 3 nitrogen and oxygen atoms in total. The van der Waals surface area contributed by atoms with Gasteiger partial charge in [-0.25, -0.2) is 0 Å². The number of nitrogens with one attached hydrogen (secondary N) is 1. The SMILES string of the molecule is CCN(C(=O)CNCC1CCCCC1)C1CC1. The first kappa shape index (κ1) is 12.9. The highest BCUT2D eigenvalue weighted by molar-refractivity contribution is 5.78. The van der Waals surface area contributed by atoms with E-state index in [0.717, 1.165) is 19.0 Å². The Kier molecular flexibility index (Phi) is 4.84. The van der Waals surface area contributed by atoms with E-state index in [0.29, 0.717) is 18.5 Å². The van der Waals surface area contributed by atoms with Gasteiger partial charge in [-0.05, 0) is 45.1 Å². The van der Waals surface area contributed by atoms with Crippen molar-refractivity contribution in [3.8, 4) is 0 Å². The fourth-order valence-electron chi connectivity index (χ4n) is 2.90. The zero-order valence-corrected chi connectivity index (χ0v) is 11.1. The van der Waals surface area contributed by atoms with Gasteiger partial charge in [0.15, 0.2) is 0 Å². The summed E-state index contributed by atoms with van der Waals surface area (Å²) >= 11 is 0. The predicted octanol–water partition coefficient (Wildman–Crippen LogP) is 2.17. The molecule has 0 aromatic heterocycles. The normalized spacial score (nSPS) is 21.5. The van der Waals surface area contributed by atoms with Gasteiger partial charge >= 0.3 is 0 Å². The Bertz CT molecular complexity index is 245. The van der Waals surface area contributed by atoms with Crippen molar-refractivity contribution >= 4 is 5.91 Å². The predicted molar refractivity (Wildman–Crippen MR) is 69.9 cm³/mol. The first-order valence-corrected chi connectivity index (χ1v) is 7.31. The summed E-state index contributed by atoms with van der Waals surface area (Å²) in [5.74, 6) is 1.11. The van der Waals surface area contributed by atoms with Crippen molar-refractivity contribution < 1.29 is 4.79 Å². The zero-order valence-electron chi connectivity index (χ0n) is 11.1. The van der Waals surface area contributed by atoms with E-state index in [2.05, 4.69) is 12.2 Å². The second kappa shape index (κ2) is 6.39. The molecule has 98 valence electrons. The number of rotatable bonds is 6. The van der Waals surface area contributed by atoms with E-state index in [1.54, 1.807) is 0 Å². The molecule has 2 saturated carbocycles. The molecule has 0 aromatic rings. The standard InChI is InChI=1S/C14H26N2O/c1-2-16(13-8-9-13)14(17)11-15-10-12-6-4-3-5-7-12/h12-13,15H,2-11H2,1H3. The van der Waals surface area contributed by atoms with Gasteiger partial charge in [-0.15, -0.1) is 0 Å². The van der Waals surface area contributed by atoms with Gasteiger partial charge in [0.25, 0.3) is 0 Å². The minimum Gasteiger partial charge on any atom is -0.339 e. The summed E-state index contributed by atoms with van der Waals surface area (Å²) in [6.07, 6.45) is 9.28. The van der Waals surface area contributed by atoms with Gasteiger partial charge in [0, 0.05) is 12.6 Å². The minimum atomic E-state index is 0.297. The minimum absolute atomic E-state index is 0.297. The van der Waals surface area contributed by atoms with Crippen LogP contribution in [-0.2, 0) is 4.79 Å². The fraction of sp³-hybridized carbons (Fsp3) is 0.929. The average Bonchev–Trinajstić information content (AvgIpc) is 3.16. The average molecular weight is 238 g/mol. The molecule has 0 aliphatic heterocycles. The maximum Gasteiger partial charge on any atom is 0.236 e. The molecule has 0 aromatic carbocycles. The van der Waals surface area contributed by atoms with E-state index in [1.807, 2.05) is 4.90 Å². The van der Waals surface area contributed by atoms with Crippen LogP contribution in [0.2, 0.25) is 0 Å². The van der Waals surface area contributed by atoms with Crippen LogP contribution in [-0.4, -0.2) is 36.5 Å². The van der Waals surface area contributed by atoms with Crippen molar-refractivity contribution in [2.24, 2.45) is 5.92 Å². The quantitative estimate of drug-likeness (QED) is 0.769. The summed E-state index contributed by atoms with van der Waals surface area (Å²) < 4.78 is 0. The molecule has 0 bridgehead atoms. The largest absolute Gasteiger partial charge is 0.339 e. The maximum absolute atomic E-state index is 12.0. The van der Waals surface area contributed by atoms with Gasteiger partial charge in [0.2, 0.25) is 5.91 Å². The van der Waals surface area contributed by atoms with E-state index in [1.165, 1.54) is 44.9 Å². The molecule has 2 fully saturated rings. The Hall–Kier alpha value is -0.570. The lowest BCUT2D eigenvalue weighted by Crippen LogP contribution is -2.40. The number of carbonyl (C=O) groups is 1. The maximum atomic E-state index is 12.0. The van der Waals surface area contributed by atoms with Crippen molar-refractivity contribution in [1.29, 1.82) is 0 Å². The molecule has 0 saturated heterocycles. The van der Waals surface area contributed by atoms with Gasteiger partial charge < -0.3 is 10.2 Å². The highest BCUT2D eigenvalue weighted by Crippen LogP contribution is 2.26. The van der Waals surface area contributed by atoms with E-state index in [4.69, 9.17) is 0 Å².